The van der Waals surface area contributed by atoms with Crippen molar-refractivity contribution in [1.29, 1.82) is 0 Å². The first kappa shape index (κ1) is 9.77. The van der Waals surface area contributed by atoms with Crippen LogP contribution in [0.15, 0.2) is 24.3 Å². The minimum absolute atomic E-state index is 0.301. The zero-order chi connectivity index (χ0) is 10.7. The zero-order valence-corrected chi connectivity index (χ0v) is 8.53. The second-order valence-electron chi connectivity index (χ2n) is 3.15. The Labute approximate surface area is 88.3 Å². The Hall–Kier alpha value is -1.77. The zero-order valence-electron chi connectivity index (χ0n) is 8.53. The number of benzene rings is 1. The van der Waals surface area contributed by atoms with Gasteiger partial charge in [-0.1, -0.05) is 12.1 Å². The third-order valence-corrected chi connectivity index (χ3v) is 2.18. The van der Waals surface area contributed by atoms with Crippen LogP contribution in [-0.4, -0.2) is 19.2 Å². The highest BCUT2D eigenvalue weighted by molar-refractivity contribution is 5.95. The minimum Gasteiger partial charge on any atom is -0.489 e. The summed E-state index contributed by atoms with van der Waals surface area (Å²) < 4.78 is 10.4. The predicted octanol–water partition coefficient (Wildman–Crippen LogP) is 2.27. The van der Waals surface area contributed by atoms with E-state index in [9.17, 15) is 4.79 Å². The fourth-order valence-corrected chi connectivity index (χ4v) is 1.53. The fourth-order valence-electron chi connectivity index (χ4n) is 1.53. The van der Waals surface area contributed by atoms with E-state index in [2.05, 4.69) is 0 Å². The number of carbonyl (C=O) groups excluding carboxylic acids is 1. The van der Waals surface area contributed by atoms with Gasteiger partial charge in [0, 0.05) is 5.56 Å². The Morgan fingerprint density at radius 3 is 3.20 bits per heavy atom. The molecule has 0 saturated heterocycles. The van der Waals surface area contributed by atoms with Crippen LogP contribution < -0.4 is 4.74 Å². The lowest BCUT2D eigenvalue weighted by Crippen LogP contribution is -2.09. The smallest absolute Gasteiger partial charge is 0.338 e. The van der Waals surface area contributed by atoms with Crippen molar-refractivity contribution in [2.24, 2.45) is 0 Å². The van der Waals surface area contributed by atoms with Gasteiger partial charge in [0.15, 0.2) is 0 Å². The molecule has 0 bridgehead atoms. The molecule has 0 unspecified atom stereocenters. The van der Waals surface area contributed by atoms with Crippen LogP contribution in [-0.2, 0) is 4.74 Å². The van der Waals surface area contributed by atoms with Gasteiger partial charge < -0.3 is 9.47 Å². The van der Waals surface area contributed by atoms with E-state index in [4.69, 9.17) is 9.47 Å². The van der Waals surface area contributed by atoms with Crippen molar-refractivity contribution in [1.82, 2.24) is 0 Å². The Bertz CT molecular complexity index is 407. The molecular formula is C12H12O3. The van der Waals surface area contributed by atoms with Crippen molar-refractivity contribution < 1.29 is 14.3 Å². The molecule has 1 aliphatic rings. The lowest BCUT2D eigenvalue weighted by molar-refractivity contribution is 0.0525. The van der Waals surface area contributed by atoms with E-state index in [0.29, 0.717) is 18.8 Å². The number of hydrogen-bond donors (Lipinski definition) is 0. The van der Waals surface area contributed by atoms with Gasteiger partial charge >= 0.3 is 5.97 Å². The standard InChI is InChI=1S/C12H12O3/c1-2-14-12(13)10-5-3-7-11-9(10)6-4-8-15-11/h3-7H,2,8H2,1H3. The van der Waals surface area contributed by atoms with Gasteiger partial charge in [0.05, 0.1) is 12.2 Å². The van der Waals surface area contributed by atoms with Crippen molar-refractivity contribution in [3.63, 3.8) is 0 Å². The van der Waals surface area contributed by atoms with Crippen LogP contribution in [0.4, 0.5) is 0 Å². The molecule has 0 N–H and O–H groups in total. The fraction of sp³-hybridized carbons (Fsp3) is 0.250. The van der Waals surface area contributed by atoms with Crippen molar-refractivity contribution in [2.75, 3.05) is 13.2 Å². The van der Waals surface area contributed by atoms with Gasteiger partial charge in [-0.2, -0.15) is 0 Å². The van der Waals surface area contributed by atoms with E-state index in [1.165, 1.54) is 0 Å². The highest BCUT2D eigenvalue weighted by Gasteiger charge is 2.16. The molecule has 0 aliphatic carbocycles. The molecular weight excluding hydrogens is 192 g/mol. The largest absolute Gasteiger partial charge is 0.489 e. The second kappa shape index (κ2) is 4.17. The van der Waals surface area contributed by atoms with Crippen LogP contribution in [0.25, 0.3) is 6.08 Å². The van der Waals surface area contributed by atoms with Gasteiger partial charge in [0.1, 0.15) is 12.4 Å². The van der Waals surface area contributed by atoms with Crippen LogP contribution >= 0.6 is 0 Å². The molecule has 0 radical (unpaired) electrons. The number of esters is 1. The molecule has 78 valence electrons. The third kappa shape index (κ3) is 1.86. The summed E-state index contributed by atoms with van der Waals surface area (Å²) >= 11 is 0. The van der Waals surface area contributed by atoms with Gasteiger partial charge in [0.2, 0.25) is 0 Å². The van der Waals surface area contributed by atoms with Crippen LogP contribution in [0.3, 0.4) is 0 Å². The first-order valence-electron chi connectivity index (χ1n) is 4.92. The Morgan fingerprint density at radius 1 is 1.53 bits per heavy atom. The summed E-state index contributed by atoms with van der Waals surface area (Å²) in [5, 5.41) is 0. The molecule has 0 saturated carbocycles. The van der Waals surface area contributed by atoms with Crippen LogP contribution in [0, 0.1) is 0 Å². The molecule has 3 heteroatoms. The monoisotopic (exact) mass is 204 g/mol. The summed E-state index contributed by atoms with van der Waals surface area (Å²) in [4.78, 5) is 11.6. The first-order chi connectivity index (χ1) is 7.33. The summed E-state index contributed by atoms with van der Waals surface area (Å²) in [6.45, 7) is 2.73. The van der Waals surface area contributed by atoms with E-state index in [1.54, 1.807) is 19.1 Å². The third-order valence-electron chi connectivity index (χ3n) is 2.18. The number of hydrogen-bond acceptors (Lipinski definition) is 3. The summed E-state index contributed by atoms with van der Waals surface area (Å²) in [7, 11) is 0. The Kier molecular flexibility index (Phi) is 2.72. The maximum absolute atomic E-state index is 11.6. The molecule has 1 heterocycles. The topological polar surface area (TPSA) is 35.5 Å². The molecule has 0 atom stereocenters. The Balaban J connectivity index is 2.40. The number of fused-ring (bicyclic) bond motifs is 1. The van der Waals surface area contributed by atoms with Crippen molar-refractivity contribution >= 4 is 12.0 Å². The molecule has 0 fully saturated rings. The molecule has 2 rings (SSSR count). The van der Waals surface area contributed by atoms with Gasteiger partial charge in [0.25, 0.3) is 0 Å². The van der Waals surface area contributed by atoms with Crippen LogP contribution in [0.5, 0.6) is 5.75 Å². The normalized spacial score (nSPS) is 12.9. The summed E-state index contributed by atoms with van der Waals surface area (Å²) in [6, 6.07) is 5.39. The lowest BCUT2D eigenvalue weighted by Gasteiger charge is -2.14. The van der Waals surface area contributed by atoms with Gasteiger partial charge in [-0.05, 0) is 25.1 Å². The van der Waals surface area contributed by atoms with Gasteiger partial charge in [-0.25, -0.2) is 4.79 Å². The van der Waals surface area contributed by atoms with E-state index in [-0.39, 0.29) is 5.97 Å². The van der Waals surface area contributed by atoms with Gasteiger partial charge in [-0.3, -0.25) is 0 Å². The van der Waals surface area contributed by atoms with E-state index in [1.807, 2.05) is 18.2 Å². The number of rotatable bonds is 2. The molecule has 0 amide bonds. The average Bonchev–Trinajstić information content (AvgIpc) is 2.28. The summed E-state index contributed by atoms with van der Waals surface area (Å²) in [5.74, 6) is 0.438. The first-order valence-corrected chi connectivity index (χ1v) is 4.92. The average molecular weight is 204 g/mol. The van der Waals surface area contributed by atoms with Crippen molar-refractivity contribution in [2.45, 2.75) is 6.92 Å². The molecule has 0 spiro atoms. The molecule has 1 aliphatic heterocycles. The lowest BCUT2D eigenvalue weighted by atomic mass is 10.0. The van der Waals surface area contributed by atoms with Crippen molar-refractivity contribution in [3.8, 4) is 5.75 Å². The molecule has 15 heavy (non-hydrogen) atoms. The molecule has 1 aromatic rings. The van der Waals surface area contributed by atoms with Crippen molar-refractivity contribution in [3.05, 3.63) is 35.4 Å². The highest BCUT2D eigenvalue weighted by atomic mass is 16.5. The predicted molar refractivity (Wildman–Crippen MR) is 56.9 cm³/mol. The van der Waals surface area contributed by atoms with E-state index in [0.717, 1.165) is 11.3 Å². The Morgan fingerprint density at radius 2 is 2.40 bits per heavy atom. The molecule has 3 nitrogen and oxygen atoms in total. The quantitative estimate of drug-likeness (QED) is 0.693. The number of ether oxygens (including phenoxy) is 2. The maximum atomic E-state index is 11.6. The molecule has 0 aromatic heterocycles. The van der Waals surface area contributed by atoms with E-state index < -0.39 is 0 Å². The van der Waals surface area contributed by atoms with Crippen LogP contribution in [0.2, 0.25) is 0 Å². The highest BCUT2D eigenvalue weighted by Crippen LogP contribution is 2.27. The minimum atomic E-state index is -0.301. The van der Waals surface area contributed by atoms with Crippen LogP contribution in [0.1, 0.15) is 22.8 Å². The number of carbonyl (C=O) groups is 1. The SMILES string of the molecule is CCOC(=O)c1cccc2c1C=CCO2. The molecule has 1 aromatic carbocycles. The second-order valence-corrected chi connectivity index (χ2v) is 3.15. The van der Waals surface area contributed by atoms with Gasteiger partial charge in [-0.15, -0.1) is 0 Å². The summed E-state index contributed by atoms with van der Waals surface area (Å²) in [5.41, 5.74) is 1.37. The summed E-state index contributed by atoms with van der Waals surface area (Å²) in [6.07, 6.45) is 3.77. The van der Waals surface area contributed by atoms with E-state index >= 15 is 0 Å². The maximum Gasteiger partial charge on any atom is 0.338 e.